The molecule has 19 heavy (non-hydrogen) atoms. The van der Waals surface area contributed by atoms with E-state index in [1.807, 2.05) is 0 Å². The first-order chi connectivity index (χ1) is 9.06. The topological polar surface area (TPSA) is 105 Å². The fraction of sp³-hybridized carbons (Fsp3) is 0.0833. The van der Waals surface area contributed by atoms with Crippen LogP contribution in [-0.2, 0) is 6.54 Å². The summed E-state index contributed by atoms with van der Waals surface area (Å²) in [6.07, 6.45) is 0. The standard InChI is InChI=1S/C12H11N3O3S/c13-10(16)7-2-1-3-8(4-7)14-5-9-6-19-11(15-9)12(17)18/h1-4,6,14H,5H2,(H2,13,16)(H,17,18). The zero-order chi connectivity index (χ0) is 13.8. The molecule has 6 nitrogen and oxygen atoms in total. The van der Waals surface area contributed by atoms with E-state index in [0.717, 1.165) is 17.0 Å². The van der Waals surface area contributed by atoms with Gasteiger partial charge in [-0.2, -0.15) is 0 Å². The van der Waals surface area contributed by atoms with Gasteiger partial charge in [0.1, 0.15) is 0 Å². The average molecular weight is 277 g/mol. The molecule has 7 heteroatoms. The van der Waals surface area contributed by atoms with Crippen molar-refractivity contribution >= 4 is 28.9 Å². The highest BCUT2D eigenvalue weighted by Gasteiger charge is 2.08. The minimum Gasteiger partial charge on any atom is -0.476 e. The number of rotatable bonds is 5. The van der Waals surface area contributed by atoms with Gasteiger partial charge in [0.25, 0.3) is 0 Å². The number of anilines is 1. The third-order valence-electron chi connectivity index (χ3n) is 2.36. The first kappa shape index (κ1) is 13.0. The molecule has 0 bridgehead atoms. The van der Waals surface area contributed by atoms with Crippen molar-refractivity contribution in [3.63, 3.8) is 0 Å². The van der Waals surface area contributed by atoms with E-state index in [-0.39, 0.29) is 5.01 Å². The van der Waals surface area contributed by atoms with Gasteiger partial charge in [-0.05, 0) is 18.2 Å². The van der Waals surface area contributed by atoms with Crippen molar-refractivity contribution < 1.29 is 14.7 Å². The van der Waals surface area contributed by atoms with Crippen LogP contribution in [0.5, 0.6) is 0 Å². The van der Waals surface area contributed by atoms with Crippen molar-refractivity contribution in [3.05, 3.63) is 45.9 Å². The molecule has 0 aliphatic rings. The van der Waals surface area contributed by atoms with E-state index in [1.165, 1.54) is 0 Å². The summed E-state index contributed by atoms with van der Waals surface area (Å²) in [7, 11) is 0. The SMILES string of the molecule is NC(=O)c1cccc(NCc2csc(C(=O)O)n2)c1. The number of nitrogens with one attached hydrogen (secondary N) is 1. The number of aromatic carboxylic acids is 1. The zero-order valence-electron chi connectivity index (χ0n) is 9.79. The van der Waals surface area contributed by atoms with Crippen LogP contribution in [-0.4, -0.2) is 22.0 Å². The second-order valence-corrected chi connectivity index (χ2v) is 4.61. The Morgan fingerprint density at radius 1 is 1.42 bits per heavy atom. The van der Waals surface area contributed by atoms with E-state index in [0.29, 0.717) is 17.8 Å². The van der Waals surface area contributed by atoms with Gasteiger partial charge in [0, 0.05) is 16.6 Å². The highest BCUT2D eigenvalue weighted by molar-refractivity contribution is 7.11. The molecular formula is C12H11N3O3S. The molecule has 0 unspecified atom stereocenters. The number of hydrogen-bond donors (Lipinski definition) is 3. The van der Waals surface area contributed by atoms with Crippen LogP contribution in [0.2, 0.25) is 0 Å². The molecule has 0 aliphatic heterocycles. The molecular weight excluding hydrogens is 266 g/mol. The van der Waals surface area contributed by atoms with E-state index in [9.17, 15) is 9.59 Å². The molecule has 2 aromatic rings. The second-order valence-electron chi connectivity index (χ2n) is 3.75. The summed E-state index contributed by atoms with van der Waals surface area (Å²) in [6, 6.07) is 6.76. The smallest absolute Gasteiger partial charge is 0.365 e. The maximum absolute atomic E-state index is 11.0. The van der Waals surface area contributed by atoms with E-state index < -0.39 is 11.9 Å². The molecule has 1 heterocycles. The van der Waals surface area contributed by atoms with Crippen molar-refractivity contribution in [2.24, 2.45) is 5.73 Å². The summed E-state index contributed by atoms with van der Waals surface area (Å²) in [4.78, 5) is 25.7. The fourth-order valence-corrected chi connectivity index (χ4v) is 2.12. The maximum Gasteiger partial charge on any atom is 0.365 e. The average Bonchev–Trinajstić information content (AvgIpc) is 2.85. The summed E-state index contributed by atoms with van der Waals surface area (Å²) in [5.74, 6) is -1.53. The molecule has 0 saturated heterocycles. The van der Waals surface area contributed by atoms with Crippen molar-refractivity contribution in [1.29, 1.82) is 0 Å². The largest absolute Gasteiger partial charge is 0.476 e. The van der Waals surface area contributed by atoms with Gasteiger partial charge in [-0.15, -0.1) is 11.3 Å². The number of primary amides is 1. The number of carbonyl (C=O) groups is 2. The molecule has 0 saturated carbocycles. The minimum atomic E-state index is -1.04. The van der Waals surface area contributed by atoms with Crippen LogP contribution in [0, 0.1) is 0 Å². The van der Waals surface area contributed by atoms with Crippen LogP contribution in [0.25, 0.3) is 0 Å². The molecule has 0 fully saturated rings. The predicted molar refractivity (Wildman–Crippen MR) is 71.4 cm³/mol. The Morgan fingerprint density at radius 3 is 2.84 bits per heavy atom. The van der Waals surface area contributed by atoms with Crippen molar-refractivity contribution in [3.8, 4) is 0 Å². The monoisotopic (exact) mass is 277 g/mol. The first-order valence-corrected chi connectivity index (χ1v) is 6.25. The molecule has 0 spiro atoms. The lowest BCUT2D eigenvalue weighted by Crippen LogP contribution is -2.11. The molecule has 1 aromatic carbocycles. The van der Waals surface area contributed by atoms with Crippen molar-refractivity contribution in [2.45, 2.75) is 6.54 Å². The number of nitrogens with two attached hydrogens (primary N) is 1. The Labute approximate surface area is 112 Å². The third-order valence-corrected chi connectivity index (χ3v) is 3.23. The van der Waals surface area contributed by atoms with Gasteiger partial charge in [0.05, 0.1) is 12.2 Å². The Kier molecular flexibility index (Phi) is 3.76. The fourth-order valence-electron chi connectivity index (χ4n) is 1.46. The van der Waals surface area contributed by atoms with Crippen molar-refractivity contribution in [2.75, 3.05) is 5.32 Å². The lowest BCUT2D eigenvalue weighted by Gasteiger charge is -2.05. The van der Waals surface area contributed by atoms with Crippen LogP contribution in [0.15, 0.2) is 29.6 Å². The van der Waals surface area contributed by atoms with E-state index in [4.69, 9.17) is 10.8 Å². The number of amides is 1. The number of aromatic nitrogens is 1. The summed E-state index contributed by atoms with van der Waals surface area (Å²) >= 11 is 1.08. The van der Waals surface area contributed by atoms with Crippen LogP contribution >= 0.6 is 11.3 Å². The van der Waals surface area contributed by atoms with E-state index >= 15 is 0 Å². The number of carbonyl (C=O) groups excluding carboxylic acids is 1. The Bertz CT molecular complexity index is 624. The second kappa shape index (κ2) is 5.49. The van der Waals surface area contributed by atoms with Gasteiger partial charge in [0.15, 0.2) is 0 Å². The van der Waals surface area contributed by atoms with E-state index in [1.54, 1.807) is 29.6 Å². The summed E-state index contributed by atoms with van der Waals surface area (Å²) in [6.45, 7) is 0.381. The molecule has 1 amide bonds. The zero-order valence-corrected chi connectivity index (χ0v) is 10.6. The summed E-state index contributed by atoms with van der Waals surface area (Å²) in [5.41, 5.74) is 6.95. The van der Waals surface area contributed by atoms with Crippen LogP contribution in [0.1, 0.15) is 25.9 Å². The lowest BCUT2D eigenvalue weighted by atomic mass is 10.2. The van der Waals surface area contributed by atoms with Crippen LogP contribution < -0.4 is 11.1 Å². The maximum atomic E-state index is 11.0. The van der Waals surface area contributed by atoms with E-state index in [2.05, 4.69) is 10.3 Å². The van der Waals surface area contributed by atoms with Crippen LogP contribution in [0.3, 0.4) is 0 Å². The molecule has 98 valence electrons. The summed E-state index contributed by atoms with van der Waals surface area (Å²) in [5, 5.41) is 13.5. The Hall–Kier alpha value is -2.41. The highest BCUT2D eigenvalue weighted by Crippen LogP contribution is 2.14. The Balaban J connectivity index is 2.03. The molecule has 0 atom stereocenters. The van der Waals surface area contributed by atoms with Crippen LogP contribution in [0.4, 0.5) is 5.69 Å². The number of hydrogen-bond acceptors (Lipinski definition) is 5. The number of carboxylic acid groups (broad SMARTS) is 1. The number of nitrogens with zero attached hydrogens (tertiary/aromatic N) is 1. The van der Waals surface area contributed by atoms with Crippen molar-refractivity contribution in [1.82, 2.24) is 4.98 Å². The number of carboxylic acids is 1. The van der Waals surface area contributed by atoms with Gasteiger partial charge in [-0.25, -0.2) is 9.78 Å². The quantitative estimate of drug-likeness (QED) is 0.769. The molecule has 4 N–H and O–H groups in total. The van der Waals surface area contributed by atoms with Gasteiger partial charge >= 0.3 is 5.97 Å². The number of benzene rings is 1. The normalized spacial score (nSPS) is 10.1. The van der Waals surface area contributed by atoms with Gasteiger partial charge in [-0.1, -0.05) is 6.07 Å². The lowest BCUT2D eigenvalue weighted by molar-refractivity contribution is 0.0696. The first-order valence-electron chi connectivity index (χ1n) is 5.37. The third kappa shape index (κ3) is 3.29. The molecule has 0 radical (unpaired) electrons. The summed E-state index contributed by atoms with van der Waals surface area (Å²) < 4.78 is 0. The molecule has 2 rings (SSSR count). The van der Waals surface area contributed by atoms with Gasteiger partial charge in [-0.3, -0.25) is 4.79 Å². The van der Waals surface area contributed by atoms with Gasteiger partial charge in [0.2, 0.25) is 10.9 Å². The Morgan fingerprint density at radius 2 is 2.21 bits per heavy atom. The minimum absolute atomic E-state index is 0.0580. The van der Waals surface area contributed by atoms with Gasteiger partial charge < -0.3 is 16.2 Å². The molecule has 0 aliphatic carbocycles. The molecule has 1 aromatic heterocycles. The predicted octanol–water partition coefficient (Wildman–Crippen LogP) is 1.55. The number of thiazole rings is 1. The highest BCUT2D eigenvalue weighted by atomic mass is 32.1.